The molecule has 2 aromatic heterocycles. The summed E-state index contributed by atoms with van der Waals surface area (Å²) in [6, 6.07) is 2.19. The van der Waals surface area contributed by atoms with Crippen LogP contribution >= 0.6 is 11.6 Å². The van der Waals surface area contributed by atoms with E-state index in [1.807, 2.05) is 0 Å². The molecule has 2 aromatic rings. The molecule has 0 radical (unpaired) electrons. The fourth-order valence-electron chi connectivity index (χ4n) is 3.95. The van der Waals surface area contributed by atoms with Crippen LogP contribution in [0.4, 0.5) is 11.8 Å². The van der Waals surface area contributed by atoms with Crippen molar-refractivity contribution in [2.45, 2.75) is 18.8 Å². The minimum Gasteiger partial charge on any atom is -0.356 e. The van der Waals surface area contributed by atoms with Gasteiger partial charge in [0.05, 0.1) is 17.4 Å². The van der Waals surface area contributed by atoms with Gasteiger partial charge >= 0.3 is 0 Å². The van der Waals surface area contributed by atoms with Crippen molar-refractivity contribution in [1.29, 1.82) is 0 Å². The Balaban J connectivity index is 1.28. The summed E-state index contributed by atoms with van der Waals surface area (Å²) in [6.45, 7) is 4.11. The molecule has 2 aliphatic heterocycles. The third kappa shape index (κ3) is 2.59. The molecule has 0 amide bonds. The highest BCUT2D eigenvalue weighted by atomic mass is 35.5. The Labute approximate surface area is 145 Å². The number of rotatable bonds is 3. The highest BCUT2D eigenvalue weighted by Crippen LogP contribution is 2.40. The molecule has 24 heavy (non-hydrogen) atoms. The zero-order valence-electron chi connectivity index (χ0n) is 13.3. The first-order chi connectivity index (χ1) is 11.8. The van der Waals surface area contributed by atoms with E-state index in [1.54, 1.807) is 18.7 Å². The van der Waals surface area contributed by atoms with Crippen molar-refractivity contribution in [3.63, 3.8) is 0 Å². The zero-order valence-corrected chi connectivity index (χ0v) is 14.1. The van der Waals surface area contributed by atoms with E-state index in [0.717, 1.165) is 37.9 Å². The summed E-state index contributed by atoms with van der Waals surface area (Å²) < 4.78 is 0. The number of aromatic nitrogens is 4. The van der Waals surface area contributed by atoms with Crippen molar-refractivity contribution in [1.82, 2.24) is 19.9 Å². The van der Waals surface area contributed by atoms with Crippen LogP contribution in [0.5, 0.6) is 0 Å². The van der Waals surface area contributed by atoms with Gasteiger partial charge in [0.1, 0.15) is 12.1 Å². The molecule has 2 unspecified atom stereocenters. The maximum absolute atomic E-state index is 5.88. The number of anilines is 2. The highest BCUT2D eigenvalue weighted by Gasteiger charge is 2.41. The van der Waals surface area contributed by atoms with E-state index in [-0.39, 0.29) is 0 Å². The van der Waals surface area contributed by atoms with E-state index < -0.39 is 0 Å². The molecule has 124 valence electrons. The van der Waals surface area contributed by atoms with Gasteiger partial charge in [-0.3, -0.25) is 0 Å². The minimum atomic E-state index is 0.583. The Kier molecular flexibility index (Phi) is 3.33. The SMILES string of the molecule is Clc1cnc(N2CC3CN(c4cc(C5CC5)ncn4)CC3C2)nc1. The number of hydrogen-bond acceptors (Lipinski definition) is 6. The summed E-state index contributed by atoms with van der Waals surface area (Å²) in [4.78, 5) is 22.3. The largest absolute Gasteiger partial charge is 0.356 e. The van der Waals surface area contributed by atoms with E-state index in [9.17, 15) is 0 Å². The topological polar surface area (TPSA) is 58.0 Å². The standard InChI is InChI=1S/C17H19ClN6/c18-14-4-19-17(20-5-14)24-8-12-6-23(7-13(12)9-24)16-3-15(11-1-2-11)21-10-22-16/h3-5,10-13H,1-2,6-9H2. The molecule has 0 N–H and O–H groups in total. The van der Waals surface area contributed by atoms with E-state index in [1.165, 1.54) is 18.5 Å². The van der Waals surface area contributed by atoms with Gasteiger partial charge in [0.25, 0.3) is 0 Å². The number of halogens is 1. The lowest BCUT2D eigenvalue weighted by atomic mass is 10.0. The van der Waals surface area contributed by atoms with Crippen LogP contribution in [0, 0.1) is 11.8 Å². The van der Waals surface area contributed by atoms with Gasteiger partial charge < -0.3 is 9.80 Å². The molecule has 3 aliphatic rings. The fraction of sp³-hybridized carbons (Fsp3) is 0.529. The first-order valence-electron chi connectivity index (χ1n) is 8.55. The Morgan fingerprint density at radius 2 is 1.54 bits per heavy atom. The van der Waals surface area contributed by atoms with Crippen LogP contribution in [0.2, 0.25) is 5.02 Å². The van der Waals surface area contributed by atoms with Gasteiger partial charge in [-0.25, -0.2) is 19.9 Å². The van der Waals surface area contributed by atoms with Gasteiger partial charge in [0, 0.05) is 55.7 Å². The smallest absolute Gasteiger partial charge is 0.225 e. The first-order valence-corrected chi connectivity index (χ1v) is 8.93. The first kappa shape index (κ1) is 14.4. The van der Waals surface area contributed by atoms with E-state index in [0.29, 0.717) is 22.8 Å². The Morgan fingerprint density at radius 1 is 0.875 bits per heavy atom. The fourth-order valence-corrected chi connectivity index (χ4v) is 4.05. The molecule has 2 atom stereocenters. The average Bonchev–Trinajstić information content (AvgIpc) is 3.26. The molecule has 0 bridgehead atoms. The summed E-state index contributed by atoms with van der Waals surface area (Å²) in [5.41, 5.74) is 1.22. The molecule has 4 heterocycles. The molecule has 1 saturated carbocycles. The lowest BCUT2D eigenvalue weighted by Crippen LogP contribution is -2.30. The van der Waals surface area contributed by atoms with Crippen LogP contribution in [0.1, 0.15) is 24.5 Å². The second-order valence-electron chi connectivity index (χ2n) is 7.11. The third-order valence-corrected chi connectivity index (χ3v) is 5.56. The molecule has 0 aromatic carbocycles. The molecule has 2 saturated heterocycles. The van der Waals surface area contributed by atoms with Crippen molar-refractivity contribution in [3.8, 4) is 0 Å². The predicted octanol–water partition coefficient (Wildman–Crippen LogP) is 2.37. The third-order valence-electron chi connectivity index (χ3n) is 5.37. The maximum Gasteiger partial charge on any atom is 0.225 e. The molecular formula is C17H19ClN6. The van der Waals surface area contributed by atoms with Crippen LogP contribution in [0.15, 0.2) is 24.8 Å². The number of nitrogens with zero attached hydrogens (tertiary/aromatic N) is 6. The second kappa shape index (κ2) is 5.55. The van der Waals surface area contributed by atoms with Crippen LogP contribution in [-0.4, -0.2) is 46.1 Å². The molecule has 0 spiro atoms. The zero-order chi connectivity index (χ0) is 16.1. The van der Waals surface area contributed by atoms with Crippen LogP contribution in [0.3, 0.4) is 0 Å². The Morgan fingerprint density at radius 3 is 2.21 bits per heavy atom. The Bertz CT molecular complexity index is 733. The molecule has 6 nitrogen and oxygen atoms in total. The highest BCUT2D eigenvalue weighted by molar-refractivity contribution is 6.30. The van der Waals surface area contributed by atoms with E-state index >= 15 is 0 Å². The summed E-state index contributed by atoms with van der Waals surface area (Å²) >= 11 is 5.88. The van der Waals surface area contributed by atoms with Crippen LogP contribution in [0.25, 0.3) is 0 Å². The van der Waals surface area contributed by atoms with Gasteiger partial charge in [0.2, 0.25) is 5.95 Å². The lowest BCUT2D eigenvalue weighted by molar-refractivity contribution is 0.533. The van der Waals surface area contributed by atoms with E-state index in [2.05, 4.69) is 35.8 Å². The summed E-state index contributed by atoms with van der Waals surface area (Å²) in [5.74, 6) is 3.84. The predicted molar refractivity (Wildman–Crippen MR) is 92.5 cm³/mol. The van der Waals surface area contributed by atoms with Crippen LogP contribution < -0.4 is 9.80 Å². The Hall–Kier alpha value is -1.95. The number of fused-ring (bicyclic) bond motifs is 1. The number of hydrogen-bond donors (Lipinski definition) is 0. The maximum atomic E-state index is 5.88. The second-order valence-corrected chi connectivity index (χ2v) is 7.54. The normalized spacial score (nSPS) is 26.0. The van der Waals surface area contributed by atoms with Gasteiger partial charge in [0.15, 0.2) is 0 Å². The monoisotopic (exact) mass is 342 g/mol. The van der Waals surface area contributed by atoms with E-state index in [4.69, 9.17) is 11.6 Å². The van der Waals surface area contributed by atoms with Gasteiger partial charge in [-0.15, -0.1) is 0 Å². The van der Waals surface area contributed by atoms with Gasteiger partial charge in [-0.2, -0.15) is 0 Å². The molecule has 3 fully saturated rings. The average molecular weight is 343 g/mol. The van der Waals surface area contributed by atoms with Crippen molar-refractivity contribution in [2.24, 2.45) is 11.8 Å². The van der Waals surface area contributed by atoms with Crippen molar-refractivity contribution < 1.29 is 0 Å². The molecular weight excluding hydrogens is 324 g/mol. The molecule has 5 rings (SSSR count). The minimum absolute atomic E-state index is 0.583. The lowest BCUT2D eigenvalue weighted by Gasteiger charge is -2.22. The molecule has 7 heteroatoms. The van der Waals surface area contributed by atoms with Gasteiger partial charge in [-0.05, 0) is 12.8 Å². The molecule has 1 aliphatic carbocycles. The van der Waals surface area contributed by atoms with Crippen molar-refractivity contribution in [3.05, 3.63) is 35.5 Å². The van der Waals surface area contributed by atoms with Gasteiger partial charge in [-0.1, -0.05) is 11.6 Å². The summed E-state index contributed by atoms with van der Waals surface area (Å²) in [5, 5.41) is 0.583. The quantitative estimate of drug-likeness (QED) is 0.853. The van der Waals surface area contributed by atoms with Crippen molar-refractivity contribution in [2.75, 3.05) is 36.0 Å². The summed E-state index contributed by atoms with van der Waals surface area (Å²) in [6.07, 6.45) is 7.62. The van der Waals surface area contributed by atoms with Crippen LogP contribution in [-0.2, 0) is 0 Å². The van der Waals surface area contributed by atoms with Crippen molar-refractivity contribution >= 4 is 23.4 Å². The summed E-state index contributed by atoms with van der Waals surface area (Å²) in [7, 11) is 0.